The first-order valence-corrected chi connectivity index (χ1v) is 11.6. The predicted molar refractivity (Wildman–Crippen MR) is 110 cm³/mol. The van der Waals surface area contributed by atoms with Crippen LogP contribution in [0.5, 0.6) is 5.75 Å². The number of benzene rings is 2. The number of nitrogens with two attached hydrogens (primary N) is 1. The highest BCUT2D eigenvalue weighted by atomic mass is 35.5. The lowest BCUT2D eigenvalue weighted by atomic mass is 10.0. The average molecular weight is 421 g/mol. The number of rotatable bonds is 5. The van der Waals surface area contributed by atoms with Crippen LogP contribution in [-0.2, 0) is 16.4 Å². The van der Waals surface area contributed by atoms with E-state index in [4.69, 9.17) is 21.5 Å². The molecule has 150 valence electrons. The monoisotopic (exact) mass is 420 g/mol. The number of piperidine rings is 1. The van der Waals surface area contributed by atoms with Gasteiger partial charge in [0.2, 0.25) is 10.0 Å². The Morgan fingerprint density at radius 3 is 2.57 bits per heavy atom. The fourth-order valence-electron chi connectivity index (χ4n) is 4.33. The third-order valence-corrected chi connectivity index (χ3v) is 6.91. The van der Waals surface area contributed by atoms with Gasteiger partial charge in [-0.05, 0) is 61.7 Å². The molecule has 28 heavy (non-hydrogen) atoms. The van der Waals surface area contributed by atoms with Gasteiger partial charge in [-0.1, -0.05) is 42.3 Å². The number of hydrogen-bond acceptors (Lipinski definition) is 4. The Hall–Kier alpha value is -1.60. The van der Waals surface area contributed by atoms with Gasteiger partial charge in [0.1, 0.15) is 11.9 Å². The highest BCUT2D eigenvalue weighted by molar-refractivity contribution is 7.89. The Labute approximate surface area is 171 Å². The van der Waals surface area contributed by atoms with Crippen molar-refractivity contribution in [3.8, 4) is 5.75 Å². The normalized spacial score (nSPS) is 22.8. The van der Waals surface area contributed by atoms with Crippen molar-refractivity contribution in [2.24, 2.45) is 11.1 Å². The Bertz CT molecular complexity index is 958. The number of hydrogen-bond donors (Lipinski definition) is 1. The summed E-state index contributed by atoms with van der Waals surface area (Å²) in [6.45, 7) is 3.28. The summed E-state index contributed by atoms with van der Waals surface area (Å²) in [6.07, 6.45) is 4.70. The summed E-state index contributed by atoms with van der Waals surface area (Å²) in [5, 5.41) is 5.45. The molecular weight excluding hydrogens is 396 g/mol. The van der Waals surface area contributed by atoms with Crippen molar-refractivity contribution in [2.75, 3.05) is 19.6 Å². The van der Waals surface area contributed by atoms with Crippen LogP contribution >= 0.6 is 11.6 Å². The zero-order chi connectivity index (χ0) is 19.7. The molecule has 0 radical (unpaired) electrons. The Morgan fingerprint density at radius 2 is 1.86 bits per heavy atom. The van der Waals surface area contributed by atoms with E-state index >= 15 is 0 Å². The van der Waals surface area contributed by atoms with E-state index in [1.165, 1.54) is 42.5 Å². The van der Waals surface area contributed by atoms with Crippen LogP contribution in [0.2, 0.25) is 5.02 Å². The second kappa shape index (κ2) is 8.03. The van der Waals surface area contributed by atoms with Crippen LogP contribution in [0.3, 0.4) is 0 Å². The zero-order valence-corrected chi connectivity index (χ0v) is 17.3. The Balaban J connectivity index is 1.59. The average Bonchev–Trinajstić information content (AvgIpc) is 3.00. The van der Waals surface area contributed by atoms with Crippen molar-refractivity contribution in [3.05, 3.63) is 58.6 Å². The van der Waals surface area contributed by atoms with E-state index in [1.807, 2.05) is 6.07 Å². The number of ether oxygens (including phenoxy) is 1. The fourth-order valence-corrected chi connectivity index (χ4v) is 5.16. The minimum Gasteiger partial charge on any atom is -0.484 e. The number of likely N-dealkylation sites (tertiary alicyclic amines) is 1. The first-order chi connectivity index (χ1) is 13.4. The molecule has 1 aliphatic carbocycles. The van der Waals surface area contributed by atoms with Crippen LogP contribution in [0.25, 0.3) is 0 Å². The molecule has 2 atom stereocenters. The lowest BCUT2D eigenvalue weighted by Gasteiger charge is -2.31. The van der Waals surface area contributed by atoms with E-state index in [9.17, 15) is 8.42 Å². The second-order valence-electron chi connectivity index (χ2n) is 7.70. The molecule has 0 amide bonds. The molecule has 5 nitrogen and oxygen atoms in total. The van der Waals surface area contributed by atoms with Crippen molar-refractivity contribution < 1.29 is 13.2 Å². The molecule has 2 N–H and O–H groups in total. The molecule has 2 unspecified atom stereocenters. The highest BCUT2D eigenvalue weighted by Gasteiger charge is 2.35. The Kier molecular flexibility index (Phi) is 5.65. The number of sulfonamides is 1. The molecule has 1 fully saturated rings. The van der Waals surface area contributed by atoms with Crippen LogP contribution in [0.15, 0.2) is 47.4 Å². The number of halogens is 1. The molecule has 0 saturated carbocycles. The van der Waals surface area contributed by atoms with Gasteiger partial charge in [-0.15, -0.1) is 0 Å². The van der Waals surface area contributed by atoms with Gasteiger partial charge < -0.3 is 9.64 Å². The van der Waals surface area contributed by atoms with Crippen LogP contribution in [0.4, 0.5) is 0 Å². The third kappa shape index (κ3) is 4.20. The molecule has 2 aromatic carbocycles. The Morgan fingerprint density at radius 1 is 1.11 bits per heavy atom. The molecule has 0 aromatic heterocycles. The molecule has 1 saturated heterocycles. The largest absolute Gasteiger partial charge is 0.484 e. The lowest BCUT2D eigenvalue weighted by Crippen LogP contribution is -2.36. The highest BCUT2D eigenvalue weighted by Crippen LogP contribution is 2.41. The number of nitrogens with zero attached hydrogens (tertiary/aromatic N) is 1. The molecule has 1 heterocycles. The topological polar surface area (TPSA) is 72.6 Å². The van der Waals surface area contributed by atoms with Gasteiger partial charge in [-0.3, -0.25) is 0 Å². The van der Waals surface area contributed by atoms with Crippen molar-refractivity contribution in [1.82, 2.24) is 4.90 Å². The van der Waals surface area contributed by atoms with E-state index in [-0.39, 0.29) is 16.0 Å². The van der Waals surface area contributed by atoms with E-state index in [0.717, 1.165) is 26.1 Å². The predicted octanol–water partition coefficient (Wildman–Crippen LogP) is 3.77. The van der Waals surface area contributed by atoms with Gasteiger partial charge in [0.15, 0.2) is 0 Å². The third-order valence-electron chi connectivity index (χ3n) is 5.70. The molecular formula is C21H25ClN2O3S. The first-order valence-electron chi connectivity index (χ1n) is 9.71. The van der Waals surface area contributed by atoms with Crippen LogP contribution in [-0.4, -0.2) is 33.0 Å². The maximum Gasteiger partial charge on any atom is 0.238 e. The lowest BCUT2D eigenvalue weighted by molar-refractivity contribution is 0.104. The van der Waals surface area contributed by atoms with Gasteiger partial charge in [0.25, 0.3) is 0 Å². The van der Waals surface area contributed by atoms with Crippen molar-refractivity contribution in [3.63, 3.8) is 0 Å². The zero-order valence-electron chi connectivity index (χ0n) is 15.7. The van der Waals surface area contributed by atoms with Gasteiger partial charge in [-0.2, -0.15) is 0 Å². The van der Waals surface area contributed by atoms with E-state index in [2.05, 4.69) is 23.1 Å². The molecule has 0 bridgehead atoms. The molecule has 1 aliphatic heterocycles. The molecule has 0 spiro atoms. The summed E-state index contributed by atoms with van der Waals surface area (Å²) in [5.74, 6) is 0.823. The van der Waals surface area contributed by atoms with E-state index in [1.54, 1.807) is 6.07 Å². The standard InChI is InChI=1S/C21H25ClN2O3S/c22-19-13-17(28(23,25)26)8-9-20(19)27-21-16(14-24-10-4-1-5-11-24)12-15-6-2-3-7-18(15)21/h2-3,6-9,13,16,21H,1,4-5,10-12,14H2,(H2,23,25,26). The second-order valence-corrected chi connectivity index (χ2v) is 9.67. The summed E-state index contributed by atoms with van der Waals surface area (Å²) >= 11 is 6.33. The van der Waals surface area contributed by atoms with Crippen LogP contribution < -0.4 is 9.88 Å². The first kappa shape index (κ1) is 19.7. The van der Waals surface area contributed by atoms with Gasteiger partial charge in [0.05, 0.1) is 9.92 Å². The van der Waals surface area contributed by atoms with Crippen molar-refractivity contribution in [2.45, 2.75) is 36.7 Å². The smallest absolute Gasteiger partial charge is 0.238 e. The minimum atomic E-state index is -3.79. The summed E-state index contributed by atoms with van der Waals surface area (Å²) in [4.78, 5) is 2.52. The molecule has 2 aliphatic rings. The SMILES string of the molecule is NS(=O)(=O)c1ccc(OC2c3ccccc3CC2CN2CCCCC2)c(Cl)c1. The van der Waals surface area contributed by atoms with Crippen molar-refractivity contribution >= 4 is 21.6 Å². The quantitative estimate of drug-likeness (QED) is 0.799. The molecule has 2 aromatic rings. The summed E-state index contributed by atoms with van der Waals surface area (Å²) in [7, 11) is -3.79. The van der Waals surface area contributed by atoms with E-state index in [0.29, 0.717) is 11.7 Å². The fraction of sp³-hybridized carbons (Fsp3) is 0.429. The molecule has 4 rings (SSSR count). The summed E-state index contributed by atoms with van der Waals surface area (Å²) in [6, 6.07) is 12.8. The van der Waals surface area contributed by atoms with Crippen molar-refractivity contribution in [1.29, 1.82) is 0 Å². The maximum absolute atomic E-state index is 11.6. The van der Waals surface area contributed by atoms with Gasteiger partial charge in [-0.25, -0.2) is 13.6 Å². The van der Waals surface area contributed by atoms with Gasteiger partial charge in [0, 0.05) is 12.5 Å². The molecule has 7 heteroatoms. The minimum absolute atomic E-state index is 0.0125. The van der Waals surface area contributed by atoms with E-state index < -0.39 is 10.0 Å². The number of primary sulfonamides is 1. The maximum atomic E-state index is 11.6. The van der Waals surface area contributed by atoms with Crippen LogP contribution in [0.1, 0.15) is 36.5 Å². The van der Waals surface area contributed by atoms with Crippen LogP contribution in [0, 0.1) is 5.92 Å². The number of fused-ring (bicyclic) bond motifs is 1. The summed E-state index contributed by atoms with van der Waals surface area (Å²) in [5.41, 5.74) is 2.50. The van der Waals surface area contributed by atoms with Gasteiger partial charge >= 0.3 is 0 Å². The summed E-state index contributed by atoms with van der Waals surface area (Å²) < 4.78 is 29.5.